The highest BCUT2D eigenvalue weighted by molar-refractivity contribution is 8.15. The van der Waals surface area contributed by atoms with Crippen LogP contribution >= 0.6 is 23.5 Å². The van der Waals surface area contributed by atoms with E-state index < -0.39 is 0 Å². The molecule has 0 fully saturated rings. The number of hydrogen-bond donors (Lipinski definition) is 1. The maximum atomic E-state index is 12.4. The molecule has 118 valence electrons. The topological polar surface area (TPSA) is 56.5 Å². The Hall–Kier alpha value is -2.31. The Balaban J connectivity index is 1.75. The number of fused-ring (bicyclic) bond motifs is 3. The van der Waals surface area contributed by atoms with E-state index in [-0.39, 0.29) is 11.7 Å². The molecular formula is C18H13N3OS2. The van der Waals surface area contributed by atoms with Gasteiger partial charge < -0.3 is 0 Å². The van der Waals surface area contributed by atoms with Gasteiger partial charge >= 0.3 is 0 Å². The third-order valence-electron chi connectivity index (χ3n) is 3.83. The number of rotatable bonds is 2. The molecule has 0 unspecified atom stereocenters. The molecule has 0 radical (unpaired) electrons. The fourth-order valence-electron chi connectivity index (χ4n) is 2.63. The first-order chi connectivity index (χ1) is 11.7. The molecule has 0 aliphatic carbocycles. The quantitative estimate of drug-likeness (QED) is 0.648. The zero-order valence-corrected chi connectivity index (χ0v) is 14.4. The second-order valence-corrected chi connectivity index (χ2v) is 7.17. The summed E-state index contributed by atoms with van der Waals surface area (Å²) in [5.74, 6) is -0.183. The lowest BCUT2D eigenvalue weighted by Crippen LogP contribution is -2.39. The van der Waals surface area contributed by atoms with E-state index in [0.717, 1.165) is 21.0 Å². The van der Waals surface area contributed by atoms with Crippen molar-refractivity contribution in [2.24, 2.45) is 4.99 Å². The number of benzene rings is 2. The molecule has 2 aromatic carbocycles. The van der Waals surface area contributed by atoms with Gasteiger partial charge in [-0.3, -0.25) is 15.1 Å². The van der Waals surface area contributed by atoms with Gasteiger partial charge in [-0.1, -0.05) is 24.3 Å². The van der Waals surface area contributed by atoms with Gasteiger partial charge in [0.1, 0.15) is 5.84 Å². The minimum Gasteiger partial charge on any atom is -0.283 e. The molecular weight excluding hydrogens is 338 g/mol. The molecule has 4 rings (SSSR count). The molecule has 4 nitrogen and oxygen atoms in total. The lowest BCUT2D eigenvalue weighted by molar-refractivity contribution is -0.113. The van der Waals surface area contributed by atoms with Gasteiger partial charge in [-0.2, -0.15) is 4.99 Å². The van der Waals surface area contributed by atoms with Crippen molar-refractivity contribution in [3.63, 3.8) is 0 Å². The van der Waals surface area contributed by atoms with Gasteiger partial charge in [0, 0.05) is 9.79 Å². The van der Waals surface area contributed by atoms with E-state index in [1.54, 1.807) is 22.7 Å². The van der Waals surface area contributed by atoms with E-state index in [4.69, 9.17) is 5.41 Å². The first kappa shape index (κ1) is 15.2. The van der Waals surface area contributed by atoms with Gasteiger partial charge in [0.15, 0.2) is 5.17 Å². The number of amidine groups is 2. The molecule has 0 saturated carbocycles. The summed E-state index contributed by atoms with van der Waals surface area (Å²) in [5, 5.41) is 9.06. The molecule has 2 aliphatic heterocycles. The molecule has 2 aliphatic rings. The normalized spacial score (nSPS) is 17.8. The number of carbonyl (C=O) groups is 1. The van der Waals surface area contributed by atoms with Crippen LogP contribution in [0.15, 0.2) is 68.9 Å². The molecule has 0 atom stereocenters. The fourth-order valence-corrected chi connectivity index (χ4v) is 4.05. The van der Waals surface area contributed by atoms with Crippen molar-refractivity contribution in [3.8, 4) is 0 Å². The monoisotopic (exact) mass is 351 g/mol. The Bertz CT molecular complexity index is 916. The average Bonchev–Trinajstić information content (AvgIpc) is 2.97. The molecule has 2 heterocycles. The molecule has 0 spiro atoms. The van der Waals surface area contributed by atoms with Crippen LogP contribution in [0.3, 0.4) is 0 Å². The summed E-state index contributed by atoms with van der Waals surface area (Å²) in [7, 11) is 0. The van der Waals surface area contributed by atoms with Gasteiger partial charge in [-0.15, -0.1) is 11.8 Å². The Labute approximate surface area is 148 Å². The van der Waals surface area contributed by atoms with Crippen LogP contribution in [-0.2, 0) is 4.79 Å². The van der Waals surface area contributed by atoms with Crippen molar-refractivity contribution < 1.29 is 4.79 Å². The minimum absolute atomic E-state index is 0.177. The summed E-state index contributed by atoms with van der Waals surface area (Å²) in [6.07, 6.45) is 3.76. The number of hydrogen-bond acceptors (Lipinski definition) is 4. The van der Waals surface area contributed by atoms with Crippen LogP contribution in [0.1, 0.15) is 5.56 Å². The van der Waals surface area contributed by atoms with Crippen molar-refractivity contribution in [2.45, 2.75) is 9.79 Å². The summed E-state index contributed by atoms with van der Waals surface area (Å²) in [6.45, 7) is 0. The molecule has 24 heavy (non-hydrogen) atoms. The van der Waals surface area contributed by atoms with Crippen molar-refractivity contribution in [1.29, 1.82) is 5.41 Å². The largest absolute Gasteiger partial charge is 0.283 e. The van der Waals surface area contributed by atoms with Crippen LogP contribution in [0.2, 0.25) is 0 Å². The average molecular weight is 351 g/mol. The molecule has 0 aromatic heterocycles. The van der Waals surface area contributed by atoms with E-state index in [0.29, 0.717) is 10.7 Å². The van der Waals surface area contributed by atoms with Gasteiger partial charge in [0.2, 0.25) is 0 Å². The summed E-state index contributed by atoms with van der Waals surface area (Å²) in [4.78, 5) is 20.5. The lowest BCUT2D eigenvalue weighted by Gasteiger charge is -2.24. The van der Waals surface area contributed by atoms with Crippen molar-refractivity contribution in [1.82, 2.24) is 0 Å². The number of nitrogens with one attached hydrogen (secondary N) is 1. The summed E-state index contributed by atoms with van der Waals surface area (Å²) < 4.78 is 0. The Morgan fingerprint density at radius 3 is 2.67 bits per heavy atom. The van der Waals surface area contributed by atoms with Crippen LogP contribution < -0.4 is 4.90 Å². The van der Waals surface area contributed by atoms with Gasteiger partial charge in [-0.25, -0.2) is 0 Å². The van der Waals surface area contributed by atoms with E-state index in [1.807, 2.05) is 54.8 Å². The van der Waals surface area contributed by atoms with Crippen LogP contribution in [0.25, 0.3) is 6.08 Å². The summed E-state index contributed by atoms with van der Waals surface area (Å²) >= 11 is 3.09. The number of aliphatic imine (C=N–C) groups is 1. The summed E-state index contributed by atoms with van der Waals surface area (Å²) in [6, 6.07) is 15.7. The van der Waals surface area contributed by atoms with E-state index in [1.165, 1.54) is 11.8 Å². The van der Waals surface area contributed by atoms with Crippen molar-refractivity contribution >= 4 is 52.2 Å². The molecule has 1 amide bonds. The van der Waals surface area contributed by atoms with Crippen LogP contribution in [-0.4, -0.2) is 23.2 Å². The SMILES string of the molecule is CSc1ccc(/C=C2/C(=N)N3C(=NC2=O)Sc2ccccc23)cc1. The van der Waals surface area contributed by atoms with Gasteiger partial charge in [0.05, 0.1) is 11.3 Å². The fraction of sp³-hybridized carbons (Fsp3) is 0.0556. The summed E-state index contributed by atoms with van der Waals surface area (Å²) in [5.41, 5.74) is 2.11. The number of amides is 1. The van der Waals surface area contributed by atoms with Crippen molar-refractivity contribution in [3.05, 3.63) is 59.7 Å². The number of para-hydroxylation sites is 1. The third-order valence-corrected chi connectivity index (χ3v) is 5.60. The predicted octanol–water partition coefficient (Wildman–Crippen LogP) is 4.28. The zero-order chi connectivity index (χ0) is 16.7. The zero-order valence-electron chi connectivity index (χ0n) is 12.8. The lowest BCUT2D eigenvalue weighted by atomic mass is 10.1. The second-order valence-electron chi connectivity index (χ2n) is 5.28. The Morgan fingerprint density at radius 2 is 1.92 bits per heavy atom. The minimum atomic E-state index is -0.361. The third kappa shape index (κ3) is 2.48. The van der Waals surface area contributed by atoms with Crippen LogP contribution in [0.4, 0.5) is 5.69 Å². The Morgan fingerprint density at radius 1 is 1.17 bits per heavy atom. The van der Waals surface area contributed by atoms with E-state index in [2.05, 4.69) is 4.99 Å². The van der Waals surface area contributed by atoms with Crippen LogP contribution in [0, 0.1) is 5.41 Å². The number of nitrogens with zero attached hydrogens (tertiary/aromatic N) is 2. The van der Waals surface area contributed by atoms with E-state index >= 15 is 0 Å². The maximum Gasteiger partial charge on any atom is 0.283 e. The van der Waals surface area contributed by atoms with Gasteiger partial charge in [-0.05, 0) is 53.9 Å². The first-order valence-corrected chi connectivity index (χ1v) is 9.36. The molecule has 2 aromatic rings. The Kier molecular flexibility index (Phi) is 3.78. The maximum absolute atomic E-state index is 12.4. The highest BCUT2D eigenvalue weighted by atomic mass is 32.2. The highest BCUT2D eigenvalue weighted by Gasteiger charge is 2.37. The molecule has 0 saturated heterocycles. The number of thioether (sulfide) groups is 2. The van der Waals surface area contributed by atoms with Gasteiger partial charge in [0.25, 0.3) is 5.91 Å². The van der Waals surface area contributed by atoms with E-state index in [9.17, 15) is 4.79 Å². The van der Waals surface area contributed by atoms with Crippen molar-refractivity contribution in [2.75, 3.05) is 11.2 Å². The smallest absolute Gasteiger partial charge is 0.283 e. The second kappa shape index (κ2) is 5.96. The molecule has 6 heteroatoms. The number of anilines is 1. The predicted molar refractivity (Wildman–Crippen MR) is 101 cm³/mol. The van der Waals surface area contributed by atoms with Crippen LogP contribution in [0.5, 0.6) is 0 Å². The first-order valence-electron chi connectivity index (χ1n) is 7.32. The standard InChI is InChI=1S/C18H13N3OS2/c1-23-12-8-6-11(7-9-12)10-13-16(19)21-14-4-2-3-5-15(14)24-18(21)20-17(13)22/h2-10,19H,1H3/b13-10-,19-16?. The number of carbonyl (C=O) groups excluding carboxylic acids is 1. The molecule has 0 bridgehead atoms. The highest BCUT2D eigenvalue weighted by Crippen LogP contribution is 2.42. The molecule has 1 N–H and O–H groups in total.